The monoisotopic (exact) mass is 278 g/mol. The molecule has 0 atom stereocenters. The molecule has 0 bridgehead atoms. The van der Waals surface area contributed by atoms with Gasteiger partial charge in [0, 0.05) is 31.9 Å². The fourth-order valence-electron chi connectivity index (χ4n) is 2.23. The molecule has 1 fully saturated rings. The van der Waals surface area contributed by atoms with Crippen LogP contribution in [0.25, 0.3) is 0 Å². The van der Waals surface area contributed by atoms with Crippen molar-refractivity contribution < 1.29 is 9.90 Å². The summed E-state index contributed by atoms with van der Waals surface area (Å²) in [7, 11) is 2.10. The summed E-state index contributed by atoms with van der Waals surface area (Å²) < 4.78 is 0. The Morgan fingerprint density at radius 2 is 2.05 bits per heavy atom. The number of nitrogens with one attached hydrogen (secondary N) is 1. The van der Waals surface area contributed by atoms with Crippen LogP contribution in [0.4, 0.5) is 5.82 Å². The van der Waals surface area contributed by atoms with Gasteiger partial charge in [-0.2, -0.15) is 0 Å². The van der Waals surface area contributed by atoms with Crippen molar-refractivity contribution in [2.75, 3.05) is 38.7 Å². The molecule has 0 aromatic carbocycles. The van der Waals surface area contributed by atoms with E-state index in [1.54, 1.807) is 12.1 Å². The fraction of sp³-hybridized carbons (Fsp3) is 0.571. The number of carbonyl (C=O) groups is 1. The Bertz CT molecular complexity index is 470. The van der Waals surface area contributed by atoms with Crippen molar-refractivity contribution in [3.05, 3.63) is 23.4 Å². The number of hydrazine groups is 1. The van der Waals surface area contributed by atoms with E-state index < -0.39 is 5.97 Å². The van der Waals surface area contributed by atoms with Crippen LogP contribution >= 0.6 is 0 Å². The topological polar surface area (TPSA) is 68.7 Å². The van der Waals surface area contributed by atoms with Gasteiger partial charge in [-0.3, -0.25) is 0 Å². The van der Waals surface area contributed by atoms with E-state index >= 15 is 0 Å². The van der Waals surface area contributed by atoms with Gasteiger partial charge in [0.2, 0.25) is 0 Å². The van der Waals surface area contributed by atoms with Crippen molar-refractivity contribution in [1.29, 1.82) is 0 Å². The fourth-order valence-corrected chi connectivity index (χ4v) is 2.23. The molecule has 2 N–H and O–H groups in total. The number of anilines is 1. The molecule has 1 aliphatic heterocycles. The molecule has 0 amide bonds. The molecule has 0 spiro atoms. The van der Waals surface area contributed by atoms with Gasteiger partial charge in [-0.25, -0.2) is 14.8 Å². The van der Waals surface area contributed by atoms with Crippen molar-refractivity contribution in [3.63, 3.8) is 0 Å². The van der Waals surface area contributed by atoms with Gasteiger partial charge in [-0.1, -0.05) is 13.3 Å². The van der Waals surface area contributed by atoms with Crippen LogP contribution in [0.2, 0.25) is 0 Å². The van der Waals surface area contributed by atoms with Crippen LogP contribution < -0.4 is 5.43 Å². The number of aromatic nitrogens is 1. The maximum atomic E-state index is 11.2. The quantitative estimate of drug-likeness (QED) is 0.846. The van der Waals surface area contributed by atoms with Crippen molar-refractivity contribution in [1.82, 2.24) is 14.9 Å². The van der Waals surface area contributed by atoms with Gasteiger partial charge in [0.25, 0.3) is 0 Å². The lowest BCUT2D eigenvalue weighted by atomic mass is 10.1. The summed E-state index contributed by atoms with van der Waals surface area (Å²) in [5, 5.41) is 11.3. The molecule has 2 rings (SSSR count). The number of aryl methyl sites for hydroxylation is 1. The number of carboxylic acids is 1. The van der Waals surface area contributed by atoms with Gasteiger partial charge in [-0.15, -0.1) is 0 Å². The molecule has 6 heteroatoms. The van der Waals surface area contributed by atoms with E-state index in [1.165, 1.54) is 0 Å². The molecule has 6 nitrogen and oxygen atoms in total. The molecule has 1 aliphatic rings. The van der Waals surface area contributed by atoms with Gasteiger partial charge in [0.15, 0.2) is 0 Å². The lowest BCUT2D eigenvalue weighted by molar-refractivity contribution is 0.0696. The van der Waals surface area contributed by atoms with E-state index in [-0.39, 0.29) is 0 Å². The van der Waals surface area contributed by atoms with E-state index in [4.69, 9.17) is 5.11 Å². The van der Waals surface area contributed by atoms with Crippen molar-refractivity contribution in [2.24, 2.45) is 0 Å². The number of piperazine rings is 1. The normalized spacial score (nSPS) is 17.1. The smallest absolute Gasteiger partial charge is 0.335 e. The summed E-state index contributed by atoms with van der Waals surface area (Å²) in [6.07, 6.45) is 1.74. The molecular formula is C14H22N4O2. The van der Waals surface area contributed by atoms with Crippen LogP contribution in [0.5, 0.6) is 0 Å². The first-order valence-electron chi connectivity index (χ1n) is 7.03. The molecule has 0 aliphatic carbocycles. The van der Waals surface area contributed by atoms with Crippen molar-refractivity contribution >= 4 is 11.8 Å². The zero-order chi connectivity index (χ0) is 14.5. The minimum absolute atomic E-state index is 0.292. The highest BCUT2D eigenvalue weighted by atomic mass is 16.4. The number of hydrogen-bond acceptors (Lipinski definition) is 5. The molecule has 1 aromatic heterocycles. The van der Waals surface area contributed by atoms with E-state index in [9.17, 15) is 4.79 Å². The molecule has 1 aromatic rings. The third kappa shape index (κ3) is 3.91. The molecule has 20 heavy (non-hydrogen) atoms. The van der Waals surface area contributed by atoms with Crippen LogP contribution in [0.15, 0.2) is 12.1 Å². The molecule has 110 valence electrons. The first kappa shape index (κ1) is 14.7. The summed E-state index contributed by atoms with van der Waals surface area (Å²) in [6, 6.07) is 3.25. The standard InChI is InChI=1S/C14H22N4O2/c1-3-4-12-9-11(14(19)20)10-13(15-12)16-18-7-5-17(2)6-8-18/h9-10H,3-8H2,1-2H3,(H,15,16)(H,19,20). The highest BCUT2D eigenvalue weighted by Crippen LogP contribution is 2.14. The van der Waals surface area contributed by atoms with E-state index in [0.29, 0.717) is 11.4 Å². The zero-order valence-electron chi connectivity index (χ0n) is 12.1. The first-order chi connectivity index (χ1) is 9.58. The Morgan fingerprint density at radius 3 is 2.65 bits per heavy atom. The van der Waals surface area contributed by atoms with E-state index in [2.05, 4.69) is 34.3 Å². The minimum atomic E-state index is -0.911. The molecule has 0 radical (unpaired) electrons. The number of pyridine rings is 1. The molecule has 1 saturated heterocycles. The predicted octanol–water partition coefficient (Wildman–Crippen LogP) is 1.31. The molecular weight excluding hydrogens is 256 g/mol. The second-order valence-corrected chi connectivity index (χ2v) is 5.19. The number of hydrogen-bond donors (Lipinski definition) is 2. The first-order valence-corrected chi connectivity index (χ1v) is 7.03. The minimum Gasteiger partial charge on any atom is -0.478 e. The van der Waals surface area contributed by atoms with Crippen molar-refractivity contribution in [2.45, 2.75) is 19.8 Å². The summed E-state index contributed by atoms with van der Waals surface area (Å²) >= 11 is 0. The Morgan fingerprint density at radius 1 is 1.35 bits per heavy atom. The van der Waals surface area contributed by atoms with Gasteiger partial charge in [0.05, 0.1) is 5.56 Å². The second kappa shape index (κ2) is 6.67. The summed E-state index contributed by atoms with van der Waals surface area (Å²) in [5.41, 5.74) is 4.34. The van der Waals surface area contributed by atoms with Crippen LogP contribution in [0.3, 0.4) is 0 Å². The second-order valence-electron chi connectivity index (χ2n) is 5.19. The molecule has 0 saturated carbocycles. The maximum absolute atomic E-state index is 11.2. The molecule has 0 unspecified atom stereocenters. The van der Waals surface area contributed by atoms with E-state index in [0.717, 1.165) is 44.7 Å². The third-order valence-corrected chi connectivity index (χ3v) is 3.41. The highest BCUT2D eigenvalue weighted by Gasteiger charge is 2.15. The Hall–Kier alpha value is -1.66. The average molecular weight is 278 g/mol. The van der Waals surface area contributed by atoms with Crippen LogP contribution in [0, 0.1) is 0 Å². The summed E-state index contributed by atoms with van der Waals surface area (Å²) in [5.74, 6) is -0.288. The van der Waals surface area contributed by atoms with Crippen LogP contribution in [-0.2, 0) is 6.42 Å². The Labute approximate surface area is 119 Å². The van der Waals surface area contributed by atoms with Crippen LogP contribution in [0.1, 0.15) is 29.4 Å². The maximum Gasteiger partial charge on any atom is 0.335 e. The number of nitrogens with zero attached hydrogens (tertiary/aromatic N) is 3. The number of rotatable bonds is 5. The number of carboxylic acid groups (broad SMARTS) is 1. The third-order valence-electron chi connectivity index (χ3n) is 3.41. The van der Waals surface area contributed by atoms with E-state index in [1.807, 2.05) is 0 Å². The summed E-state index contributed by atoms with van der Waals surface area (Å²) in [4.78, 5) is 17.9. The lowest BCUT2D eigenvalue weighted by Crippen LogP contribution is -2.47. The zero-order valence-corrected chi connectivity index (χ0v) is 12.1. The average Bonchev–Trinajstić information content (AvgIpc) is 2.41. The van der Waals surface area contributed by atoms with Gasteiger partial charge in [0.1, 0.15) is 5.82 Å². The molecule has 2 heterocycles. The van der Waals surface area contributed by atoms with Crippen molar-refractivity contribution in [3.8, 4) is 0 Å². The predicted molar refractivity (Wildman–Crippen MR) is 77.9 cm³/mol. The highest BCUT2D eigenvalue weighted by molar-refractivity contribution is 5.88. The Kier molecular flexibility index (Phi) is 4.92. The lowest BCUT2D eigenvalue weighted by Gasteiger charge is -2.32. The summed E-state index contributed by atoms with van der Waals surface area (Å²) in [6.45, 7) is 5.85. The SMILES string of the molecule is CCCc1cc(C(=O)O)cc(NN2CCN(C)CC2)n1. The van der Waals surface area contributed by atoms with Gasteiger partial charge < -0.3 is 15.4 Å². The van der Waals surface area contributed by atoms with Gasteiger partial charge in [-0.05, 0) is 25.6 Å². The number of likely N-dealkylation sites (N-methyl/N-ethyl adjacent to an activating group) is 1. The largest absolute Gasteiger partial charge is 0.478 e. The van der Waals surface area contributed by atoms with Gasteiger partial charge >= 0.3 is 5.97 Å². The Balaban J connectivity index is 2.11. The van der Waals surface area contributed by atoms with Crippen LogP contribution in [-0.4, -0.2) is 59.2 Å². The number of aromatic carboxylic acids is 1.